The Balaban J connectivity index is 4.73. The third kappa shape index (κ3) is 15.8. The number of unbranched alkanes of at least 4 members (excludes halogenated alkanes) is 4. The van der Waals surface area contributed by atoms with Crippen LogP contribution in [0.3, 0.4) is 0 Å². The Hall–Kier alpha value is -1.57. The summed E-state index contributed by atoms with van der Waals surface area (Å²) in [6.07, 6.45) is 21.7. The maximum absolute atomic E-state index is 11.1. The number of rotatable bonds is 14. The molecule has 0 saturated heterocycles. The topological polar surface area (TPSA) is 35.5 Å². The number of methoxy groups -OCH3 is 1. The molecule has 0 aliphatic carbocycles. The van der Waals surface area contributed by atoms with E-state index in [0.717, 1.165) is 19.3 Å². The van der Waals surface area contributed by atoms with Crippen molar-refractivity contribution in [1.82, 2.24) is 0 Å². The molecular formula is C27H46O3Si. The molecule has 0 aromatic rings. The van der Waals surface area contributed by atoms with Crippen LogP contribution >= 0.6 is 0 Å². The van der Waals surface area contributed by atoms with Gasteiger partial charge in [0.15, 0.2) is 8.32 Å². The second-order valence-electron chi connectivity index (χ2n) is 9.44. The highest BCUT2D eigenvalue weighted by Crippen LogP contribution is 2.37. The minimum atomic E-state index is -1.86. The number of allylic oxidation sites excluding steroid dienone is 4. The predicted molar refractivity (Wildman–Crippen MR) is 137 cm³/mol. The minimum Gasteiger partial charge on any atom is -0.469 e. The number of esters is 1. The van der Waals surface area contributed by atoms with Crippen LogP contribution in [0.4, 0.5) is 0 Å². The summed E-state index contributed by atoms with van der Waals surface area (Å²) in [5, 5.41) is 0.170. The third-order valence-corrected chi connectivity index (χ3v) is 10.1. The molecule has 0 aromatic heterocycles. The molecule has 0 fully saturated rings. The van der Waals surface area contributed by atoms with Crippen LogP contribution in [0.2, 0.25) is 18.1 Å². The standard InChI is InChI=1S/C27H46O3Si/c1-8-9-10-11-12-13-14-16-19-22-25(30-31(6,7)27(2,3)4)23-20-17-15-18-21-24-26(28)29-5/h12-13,16,19-20,23,25H,8-11,14,18,21-22,24H2,1-7H3/b13-12-,19-16-,23-20+/t25-/m0/s1. The fraction of sp³-hybridized carbons (Fsp3) is 0.667. The molecule has 0 aromatic carbocycles. The van der Waals surface area contributed by atoms with E-state index in [1.165, 1.54) is 32.8 Å². The largest absolute Gasteiger partial charge is 0.469 e. The Morgan fingerprint density at radius 3 is 2.42 bits per heavy atom. The number of hydrogen-bond donors (Lipinski definition) is 0. The number of carbonyl (C=O) groups excluding carboxylic acids is 1. The minimum absolute atomic E-state index is 0.0371. The molecule has 0 heterocycles. The first-order chi connectivity index (χ1) is 14.6. The van der Waals surface area contributed by atoms with Gasteiger partial charge in [0.05, 0.1) is 13.2 Å². The van der Waals surface area contributed by atoms with E-state index in [-0.39, 0.29) is 17.1 Å². The zero-order valence-electron chi connectivity index (χ0n) is 21.1. The molecule has 3 nitrogen and oxygen atoms in total. The average Bonchev–Trinajstić information content (AvgIpc) is 2.70. The van der Waals surface area contributed by atoms with Crippen molar-refractivity contribution in [1.29, 1.82) is 0 Å². The van der Waals surface area contributed by atoms with Crippen molar-refractivity contribution < 1.29 is 14.0 Å². The first kappa shape index (κ1) is 29.4. The van der Waals surface area contributed by atoms with Gasteiger partial charge in [-0.3, -0.25) is 4.79 Å². The van der Waals surface area contributed by atoms with E-state index in [1.54, 1.807) is 0 Å². The molecule has 0 saturated carbocycles. The monoisotopic (exact) mass is 446 g/mol. The Bertz CT molecular complexity index is 627. The summed E-state index contributed by atoms with van der Waals surface area (Å²) < 4.78 is 11.2. The summed E-state index contributed by atoms with van der Waals surface area (Å²) in [4.78, 5) is 11.1. The fourth-order valence-corrected chi connectivity index (χ4v) is 3.85. The van der Waals surface area contributed by atoms with Gasteiger partial charge >= 0.3 is 5.97 Å². The maximum Gasteiger partial charge on any atom is 0.305 e. The summed E-state index contributed by atoms with van der Waals surface area (Å²) >= 11 is 0. The number of hydrogen-bond acceptors (Lipinski definition) is 3. The van der Waals surface area contributed by atoms with Crippen LogP contribution in [0.1, 0.15) is 85.5 Å². The Morgan fingerprint density at radius 2 is 1.77 bits per heavy atom. The molecule has 0 radical (unpaired) electrons. The van der Waals surface area contributed by atoms with Crippen molar-refractivity contribution in [3.05, 3.63) is 36.5 Å². The van der Waals surface area contributed by atoms with Crippen molar-refractivity contribution >= 4 is 14.3 Å². The van der Waals surface area contributed by atoms with Crippen molar-refractivity contribution in [2.75, 3.05) is 7.11 Å². The van der Waals surface area contributed by atoms with Gasteiger partial charge in [-0.25, -0.2) is 0 Å². The Kier molecular flexibility index (Phi) is 16.2. The lowest BCUT2D eigenvalue weighted by Crippen LogP contribution is -2.43. The number of carbonyl (C=O) groups is 1. The van der Waals surface area contributed by atoms with Crippen LogP contribution in [0, 0.1) is 11.8 Å². The van der Waals surface area contributed by atoms with Gasteiger partial charge in [-0.05, 0) is 62.4 Å². The molecule has 31 heavy (non-hydrogen) atoms. The van der Waals surface area contributed by atoms with E-state index in [1.807, 2.05) is 6.08 Å². The lowest BCUT2D eigenvalue weighted by molar-refractivity contribution is -0.140. The molecule has 1 atom stereocenters. The molecule has 176 valence electrons. The lowest BCUT2D eigenvalue weighted by atomic mass is 10.2. The molecule has 0 aliphatic rings. The van der Waals surface area contributed by atoms with Gasteiger partial charge < -0.3 is 9.16 Å². The molecular weight excluding hydrogens is 400 g/mol. The summed E-state index contributed by atoms with van der Waals surface area (Å²) in [5.41, 5.74) is 0. The molecule has 0 aliphatic heterocycles. The van der Waals surface area contributed by atoms with Crippen molar-refractivity contribution in [2.45, 2.75) is 110 Å². The highest BCUT2D eigenvalue weighted by atomic mass is 28.4. The zero-order valence-corrected chi connectivity index (χ0v) is 22.1. The van der Waals surface area contributed by atoms with Crippen LogP contribution in [0.5, 0.6) is 0 Å². The number of ether oxygens (including phenoxy) is 1. The first-order valence-electron chi connectivity index (χ1n) is 11.8. The van der Waals surface area contributed by atoms with Gasteiger partial charge in [-0.1, -0.05) is 76.7 Å². The summed E-state index contributed by atoms with van der Waals surface area (Å²) in [6, 6.07) is 0. The molecule has 0 amide bonds. The molecule has 0 N–H and O–H groups in total. The Morgan fingerprint density at radius 1 is 1.06 bits per heavy atom. The summed E-state index contributed by atoms with van der Waals surface area (Å²) in [5.74, 6) is 6.01. The Labute approximate surface area is 193 Å². The lowest BCUT2D eigenvalue weighted by Gasteiger charge is -2.38. The highest BCUT2D eigenvalue weighted by Gasteiger charge is 2.38. The second kappa shape index (κ2) is 17.0. The molecule has 4 heteroatoms. The normalized spacial score (nSPS) is 13.6. The van der Waals surface area contributed by atoms with E-state index >= 15 is 0 Å². The van der Waals surface area contributed by atoms with Crippen LogP contribution in [-0.4, -0.2) is 27.5 Å². The van der Waals surface area contributed by atoms with E-state index in [4.69, 9.17) is 4.43 Å². The molecule has 0 spiro atoms. The smallest absolute Gasteiger partial charge is 0.305 e. The highest BCUT2D eigenvalue weighted by molar-refractivity contribution is 6.74. The second-order valence-corrected chi connectivity index (χ2v) is 14.2. The van der Waals surface area contributed by atoms with Crippen LogP contribution in [0.25, 0.3) is 0 Å². The SMILES string of the molecule is CCCCC/C=C\C/C=C\C[C@@H](/C=C/C#CCCCC(=O)OC)O[Si](C)(C)C(C)(C)C. The molecule has 0 unspecified atom stereocenters. The van der Waals surface area contributed by atoms with E-state index < -0.39 is 8.32 Å². The van der Waals surface area contributed by atoms with Crippen molar-refractivity contribution in [2.24, 2.45) is 0 Å². The van der Waals surface area contributed by atoms with Crippen LogP contribution in [0.15, 0.2) is 36.5 Å². The summed E-state index contributed by atoms with van der Waals surface area (Å²) in [7, 11) is -0.444. The predicted octanol–water partition coefficient (Wildman–Crippen LogP) is 7.75. The maximum atomic E-state index is 11.1. The van der Waals surface area contributed by atoms with Crippen LogP contribution in [-0.2, 0) is 14.0 Å². The van der Waals surface area contributed by atoms with Crippen LogP contribution < -0.4 is 0 Å². The molecule has 0 rings (SSSR count). The van der Waals surface area contributed by atoms with Gasteiger partial charge in [0, 0.05) is 12.8 Å². The van der Waals surface area contributed by atoms with E-state index in [2.05, 4.69) is 87.7 Å². The fourth-order valence-electron chi connectivity index (χ4n) is 2.56. The average molecular weight is 447 g/mol. The summed E-state index contributed by atoms with van der Waals surface area (Å²) in [6.45, 7) is 13.6. The quantitative estimate of drug-likeness (QED) is 0.0899. The van der Waals surface area contributed by atoms with Gasteiger partial charge in [0.25, 0.3) is 0 Å². The van der Waals surface area contributed by atoms with Gasteiger partial charge in [0.2, 0.25) is 0 Å². The molecule has 0 bridgehead atoms. The first-order valence-corrected chi connectivity index (χ1v) is 14.7. The van der Waals surface area contributed by atoms with Crippen molar-refractivity contribution in [3.63, 3.8) is 0 Å². The van der Waals surface area contributed by atoms with E-state index in [9.17, 15) is 4.79 Å². The third-order valence-electron chi connectivity index (χ3n) is 5.61. The van der Waals surface area contributed by atoms with Gasteiger partial charge in [-0.2, -0.15) is 0 Å². The van der Waals surface area contributed by atoms with E-state index in [0.29, 0.717) is 12.8 Å². The van der Waals surface area contributed by atoms with Crippen molar-refractivity contribution in [3.8, 4) is 11.8 Å². The zero-order chi connectivity index (χ0) is 23.6. The van der Waals surface area contributed by atoms with Gasteiger partial charge in [-0.15, -0.1) is 0 Å². The van der Waals surface area contributed by atoms with Gasteiger partial charge in [0.1, 0.15) is 0 Å².